The standard InChI is InChI=1S/C23H26N4O2/c1-4-27(19-10-7-8-17(2)16-19)23(28)20-12-13-22(26-25-20)24-15-14-18-9-5-6-11-21(18)29-3/h5-13,16H,4,14-15H2,1-3H3,(H,24,26). The maximum atomic E-state index is 12.9. The lowest BCUT2D eigenvalue weighted by Gasteiger charge is -2.20. The second kappa shape index (κ2) is 9.68. The van der Waals surface area contributed by atoms with Crippen molar-refractivity contribution in [1.29, 1.82) is 0 Å². The molecular formula is C23H26N4O2. The number of rotatable bonds is 8. The molecule has 6 heteroatoms. The molecule has 1 aromatic heterocycles. The molecule has 0 bridgehead atoms. The van der Waals surface area contributed by atoms with Gasteiger partial charge in [-0.15, -0.1) is 10.2 Å². The highest BCUT2D eigenvalue weighted by Crippen LogP contribution is 2.19. The van der Waals surface area contributed by atoms with E-state index >= 15 is 0 Å². The van der Waals surface area contributed by atoms with Gasteiger partial charge in [0.2, 0.25) is 0 Å². The van der Waals surface area contributed by atoms with Crippen molar-refractivity contribution in [3.63, 3.8) is 0 Å². The Bertz CT molecular complexity index is 957. The van der Waals surface area contributed by atoms with E-state index in [1.165, 1.54) is 0 Å². The zero-order chi connectivity index (χ0) is 20.6. The van der Waals surface area contributed by atoms with Gasteiger partial charge in [-0.2, -0.15) is 0 Å². The molecule has 1 N–H and O–H groups in total. The zero-order valence-electron chi connectivity index (χ0n) is 17.1. The summed E-state index contributed by atoms with van der Waals surface area (Å²) < 4.78 is 5.37. The largest absolute Gasteiger partial charge is 0.496 e. The Balaban J connectivity index is 1.62. The summed E-state index contributed by atoms with van der Waals surface area (Å²) in [5.74, 6) is 1.35. The fraction of sp³-hybridized carbons (Fsp3) is 0.261. The van der Waals surface area contributed by atoms with Crippen LogP contribution >= 0.6 is 0 Å². The molecule has 0 atom stereocenters. The number of nitrogens with one attached hydrogen (secondary N) is 1. The van der Waals surface area contributed by atoms with E-state index in [0.717, 1.165) is 29.0 Å². The first-order valence-corrected chi connectivity index (χ1v) is 9.70. The first-order valence-electron chi connectivity index (χ1n) is 9.70. The number of benzene rings is 2. The van der Waals surface area contributed by atoms with Crippen LogP contribution in [0, 0.1) is 6.92 Å². The van der Waals surface area contributed by atoms with Crippen molar-refractivity contribution in [3.8, 4) is 5.75 Å². The third-order valence-corrected chi connectivity index (χ3v) is 4.65. The average Bonchev–Trinajstić information content (AvgIpc) is 2.75. The molecular weight excluding hydrogens is 364 g/mol. The zero-order valence-corrected chi connectivity index (χ0v) is 17.1. The molecule has 6 nitrogen and oxygen atoms in total. The van der Waals surface area contributed by atoms with Gasteiger partial charge in [-0.1, -0.05) is 30.3 Å². The van der Waals surface area contributed by atoms with Gasteiger partial charge in [0.1, 0.15) is 11.6 Å². The van der Waals surface area contributed by atoms with Crippen molar-refractivity contribution in [3.05, 3.63) is 77.5 Å². The molecule has 0 aliphatic heterocycles. The Morgan fingerprint density at radius 1 is 1.07 bits per heavy atom. The van der Waals surface area contributed by atoms with Crippen LogP contribution in [0.25, 0.3) is 0 Å². The van der Waals surface area contributed by atoms with Crippen LogP contribution in [0.5, 0.6) is 5.75 Å². The monoisotopic (exact) mass is 390 g/mol. The van der Waals surface area contributed by atoms with Gasteiger partial charge in [-0.3, -0.25) is 4.79 Å². The molecule has 2 aromatic carbocycles. The van der Waals surface area contributed by atoms with Gasteiger partial charge in [-0.25, -0.2) is 0 Å². The van der Waals surface area contributed by atoms with E-state index < -0.39 is 0 Å². The first kappa shape index (κ1) is 20.3. The van der Waals surface area contributed by atoms with Crippen molar-refractivity contribution in [1.82, 2.24) is 10.2 Å². The molecule has 0 saturated heterocycles. The van der Waals surface area contributed by atoms with E-state index in [-0.39, 0.29) is 5.91 Å². The molecule has 150 valence electrons. The van der Waals surface area contributed by atoms with Gasteiger partial charge in [-0.05, 0) is 61.7 Å². The number of para-hydroxylation sites is 1. The molecule has 1 heterocycles. The Morgan fingerprint density at radius 3 is 2.59 bits per heavy atom. The van der Waals surface area contributed by atoms with E-state index in [2.05, 4.69) is 15.5 Å². The van der Waals surface area contributed by atoms with Crippen LogP contribution < -0.4 is 15.0 Å². The molecule has 0 aliphatic rings. The number of carbonyl (C=O) groups excluding carboxylic acids is 1. The average molecular weight is 390 g/mol. The van der Waals surface area contributed by atoms with E-state index in [0.29, 0.717) is 24.6 Å². The second-order valence-corrected chi connectivity index (χ2v) is 6.68. The lowest BCUT2D eigenvalue weighted by Crippen LogP contribution is -2.31. The first-order chi connectivity index (χ1) is 14.1. The van der Waals surface area contributed by atoms with E-state index in [4.69, 9.17) is 4.74 Å². The summed E-state index contributed by atoms with van der Waals surface area (Å²) in [6.07, 6.45) is 0.795. The van der Waals surface area contributed by atoms with Crippen LogP contribution in [0.4, 0.5) is 11.5 Å². The van der Waals surface area contributed by atoms with Crippen molar-refractivity contribution in [2.45, 2.75) is 20.3 Å². The van der Waals surface area contributed by atoms with Gasteiger partial charge >= 0.3 is 0 Å². The molecule has 0 spiro atoms. The van der Waals surface area contributed by atoms with Crippen LogP contribution in [-0.2, 0) is 6.42 Å². The lowest BCUT2D eigenvalue weighted by atomic mass is 10.1. The minimum atomic E-state index is -0.161. The van der Waals surface area contributed by atoms with Crippen LogP contribution in [0.3, 0.4) is 0 Å². The maximum absolute atomic E-state index is 12.9. The molecule has 0 unspecified atom stereocenters. The van der Waals surface area contributed by atoms with Crippen molar-refractivity contribution < 1.29 is 9.53 Å². The Kier molecular flexibility index (Phi) is 6.79. The normalized spacial score (nSPS) is 10.4. The molecule has 0 radical (unpaired) electrons. The quantitative estimate of drug-likeness (QED) is 0.627. The molecule has 0 aliphatic carbocycles. The number of anilines is 2. The third kappa shape index (κ3) is 5.10. The Labute approximate surface area is 171 Å². The minimum absolute atomic E-state index is 0.161. The number of methoxy groups -OCH3 is 1. The SMILES string of the molecule is CCN(C(=O)c1ccc(NCCc2ccccc2OC)nn1)c1cccc(C)c1. The smallest absolute Gasteiger partial charge is 0.278 e. The molecule has 3 aromatic rings. The van der Waals surface area contributed by atoms with Gasteiger partial charge in [0.25, 0.3) is 5.91 Å². The number of carbonyl (C=O) groups is 1. The predicted molar refractivity (Wildman–Crippen MR) is 116 cm³/mol. The van der Waals surface area contributed by atoms with Gasteiger partial charge in [0.05, 0.1) is 7.11 Å². The predicted octanol–water partition coefficient (Wildman–Crippen LogP) is 4.11. The van der Waals surface area contributed by atoms with Gasteiger partial charge in [0.15, 0.2) is 5.69 Å². The van der Waals surface area contributed by atoms with Crippen LogP contribution in [0.2, 0.25) is 0 Å². The Hall–Kier alpha value is -3.41. The third-order valence-electron chi connectivity index (χ3n) is 4.65. The van der Waals surface area contributed by atoms with E-state index in [9.17, 15) is 4.79 Å². The van der Waals surface area contributed by atoms with Crippen molar-refractivity contribution >= 4 is 17.4 Å². The number of ether oxygens (including phenoxy) is 1. The molecule has 1 amide bonds. The number of nitrogens with zero attached hydrogens (tertiary/aromatic N) is 3. The number of hydrogen-bond acceptors (Lipinski definition) is 5. The summed E-state index contributed by atoms with van der Waals surface area (Å²) in [6, 6.07) is 19.3. The van der Waals surface area contributed by atoms with Crippen LogP contribution in [0.1, 0.15) is 28.5 Å². The number of aromatic nitrogens is 2. The van der Waals surface area contributed by atoms with Crippen molar-refractivity contribution in [2.75, 3.05) is 30.4 Å². The minimum Gasteiger partial charge on any atom is -0.496 e. The summed E-state index contributed by atoms with van der Waals surface area (Å²) in [5, 5.41) is 11.5. The topological polar surface area (TPSA) is 67.4 Å². The second-order valence-electron chi connectivity index (χ2n) is 6.68. The summed E-state index contributed by atoms with van der Waals surface area (Å²) in [6.45, 7) is 5.20. The fourth-order valence-corrected chi connectivity index (χ4v) is 3.15. The van der Waals surface area contributed by atoms with Crippen LogP contribution in [-0.4, -0.2) is 36.3 Å². The highest BCUT2D eigenvalue weighted by atomic mass is 16.5. The van der Waals surface area contributed by atoms with Crippen LogP contribution in [0.15, 0.2) is 60.7 Å². The van der Waals surface area contributed by atoms with Crippen molar-refractivity contribution in [2.24, 2.45) is 0 Å². The highest BCUT2D eigenvalue weighted by Gasteiger charge is 2.18. The summed E-state index contributed by atoms with van der Waals surface area (Å²) in [4.78, 5) is 14.6. The fourth-order valence-electron chi connectivity index (χ4n) is 3.15. The molecule has 3 rings (SSSR count). The Morgan fingerprint density at radius 2 is 1.90 bits per heavy atom. The molecule has 0 fully saturated rings. The number of hydrogen-bond donors (Lipinski definition) is 1. The number of aryl methyl sites for hydroxylation is 1. The maximum Gasteiger partial charge on any atom is 0.278 e. The van der Waals surface area contributed by atoms with E-state index in [1.54, 1.807) is 24.1 Å². The summed E-state index contributed by atoms with van der Waals surface area (Å²) in [5.41, 5.74) is 3.41. The molecule has 0 saturated carbocycles. The van der Waals surface area contributed by atoms with Gasteiger partial charge in [0, 0.05) is 18.8 Å². The lowest BCUT2D eigenvalue weighted by molar-refractivity contribution is 0.0982. The van der Waals surface area contributed by atoms with Gasteiger partial charge < -0.3 is 15.0 Å². The summed E-state index contributed by atoms with van der Waals surface area (Å²) in [7, 11) is 1.67. The molecule has 29 heavy (non-hydrogen) atoms. The summed E-state index contributed by atoms with van der Waals surface area (Å²) >= 11 is 0. The highest BCUT2D eigenvalue weighted by molar-refractivity contribution is 6.04. The van der Waals surface area contributed by atoms with E-state index in [1.807, 2.05) is 62.4 Å². The number of amides is 1.